The van der Waals surface area contributed by atoms with Gasteiger partial charge in [0.15, 0.2) is 0 Å². The van der Waals surface area contributed by atoms with Gasteiger partial charge in [-0.2, -0.15) is 0 Å². The second kappa shape index (κ2) is 5.44. The molecule has 1 aromatic carbocycles. The number of rotatable bonds is 2. The summed E-state index contributed by atoms with van der Waals surface area (Å²) in [5.41, 5.74) is -0.187. The molecule has 2 rings (SSSR count). The van der Waals surface area contributed by atoms with Gasteiger partial charge in [0, 0.05) is 24.7 Å². The van der Waals surface area contributed by atoms with E-state index < -0.39 is 5.54 Å². The Morgan fingerprint density at radius 3 is 2.70 bits per heavy atom. The van der Waals surface area contributed by atoms with Gasteiger partial charge in [-0.25, -0.2) is 0 Å². The molecule has 1 saturated heterocycles. The lowest BCUT2D eigenvalue weighted by atomic mass is 10.0. The number of amides is 2. The number of hydrogen-bond acceptors (Lipinski definition) is 3. The van der Waals surface area contributed by atoms with Crippen molar-refractivity contribution in [2.24, 2.45) is 0 Å². The summed E-state index contributed by atoms with van der Waals surface area (Å²) in [5, 5.41) is 2.74. The van der Waals surface area contributed by atoms with Crippen molar-refractivity contribution in [3.63, 3.8) is 0 Å². The fraction of sp³-hybridized carbons (Fsp3) is 0.429. The van der Waals surface area contributed by atoms with Crippen LogP contribution in [0.25, 0.3) is 0 Å². The lowest BCUT2D eigenvalue weighted by molar-refractivity contribution is -0.128. The van der Waals surface area contributed by atoms with Gasteiger partial charge >= 0.3 is 0 Å². The number of anilines is 1. The summed E-state index contributed by atoms with van der Waals surface area (Å²) in [6.45, 7) is 3.78. The van der Waals surface area contributed by atoms with E-state index in [9.17, 15) is 9.59 Å². The molecule has 1 N–H and O–H groups in total. The molecule has 1 aliphatic rings. The Hall–Kier alpha value is -1.56. The van der Waals surface area contributed by atoms with Gasteiger partial charge in [-0.05, 0) is 41.9 Å². The van der Waals surface area contributed by atoms with Crippen molar-refractivity contribution in [2.75, 3.05) is 18.6 Å². The Bertz CT molecular complexity index is 557. The minimum Gasteiger partial charge on any atom is -0.495 e. The first-order chi connectivity index (χ1) is 9.35. The van der Waals surface area contributed by atoms with Gasteiger partial charge in [-0.3, -0.25) is 9.59 Å². The number of halogens is 1. The van der Waals surface area contributed by atoms with Crippen LogP contribution >= 0.6 is 15.9 Å². The standard InChI is InChI=1S/C14H17BrN2O3/c1-14(2)13(19)17(7-6-12(18)16-14)9-4-5-10(15)11(8-9)20-3/h4-5,8H,6-7H2,1-3H3,(H,16,18). The fourth-order valence-electron chi connectivity index (χ4n) is 2.18. The van der Waals surface area contributed by atoms with Crippen LogP contribution in [-0.2, 0) is 9.59 Å². The molecule has 1 fully saturated rings. The smallest absolute Gasteiger partial charge is 0.252 e. The van der Waals surface area contributed by atoms with E-state index in [1.807, 2.05) is 12.1 Å². The highest BCUT2D eigenvalue weighted by molar-refractivity contribution is 9.10. The Morgan fingerprint density at radius 2 is 2.05 bits per heavy atom. The number of carbonyl (C=O) groups is 2. The average Bonchev–Trinajstić information content (AvgIpc) is 2.48. The third kappa shape index (κ3) is 2.80. The summed E-state index contributed by atoms with van der Waals surface area (Å²) in [4.78, 5) is 25.9. The molecule has 1 aliphatic heterocycles. The Kier molecular flexibility index (Phi) is 4.04. The van der Waals surface area contributed by atoms with E-state index in [-0.39, 0.29) is 18.2 Å². The van der Waals surface area contributed by atoms with Gasteiger partial charge in [0.1, 0.15) is 11.3 Å². The maximum atomic E-state index is 12.6. The molecule has 0 radical (unpaired) electrons. The first kappa shape index (κ1) is 14.8. The van der Waals surface area contributed by atoms with Crippen molar-refractivity contribution >= 4 is 33.4 Å². The third-order valence-electron chi connectivity index (χ3n) is 3.24. The quantitative estimate of drug-likeness (QED) is 0.896. The van der Waals surface area contributed by atoms with Crippen LogP contribution in [0.5, 0.6) is 5.75 Å². The van der Waals surface area contributed by atoms with Gasteiger partial charge in [-0.1, -0.05) is 0 Å². The third-order valence-corrected chi connectivity index (χ3v) is 3.90. The number of benzene rings is 1. The van der Waals surface area contributed by atoms with Gasteiger partial charge in [0.25, 0.3) is 5.91 Å². The van der Waals surface area contributed by atoms with Gasteiger partial charge in [-0.15, -0.1) is 0 Å². The second-order valence-electron chi connectivity index (χ2n) is 5.20. The number of ether oxygens (including phenoxy) is 1. The summed E-state index contributed by atoms with van der Waals surface area (Å²) >= 11 is 3.38. The summed E-state index contributed by atoms with van der Waals surface area (Å²) in [7, 11) is 1.57. The second-order valence-corrected chi connectivity index (χ2v) is 6.05. The van der Waals surface area contributed by atoms with Crippen LogP contribution in [-0.4, -0.2) is 31.0 Å². The minimum atomic E-state index is -0.909. The lowest BCUT2D eigenvalue weighted by Gasteiger charge is -2.29. The molecule has 20 heavy (non-hydrogen) atoms. The van der Waals surface area contributed by atoms with Gasteiger partial charge < -0.3 is 15.0 Å². The van der Waals surface area contributed by atoms with Crippen LogP contribution < -0.4 is 15.0 Å². The summed E-state index contributed by atoms with van der Waals surface area (Å²) < 4.78 is 6.07. The molecule has 5 nitrogen and oxygen atoms in total. The van der Waals surface area contributed by atoms with Crippen molar-refractivity contribution in [1.82, 2.24) is 5.32 Å². The largest absolute Gasteiger partial charge is 0.495 e. The lowest BCUT2D eigenvalue weighted by Crippen LogP contribution is -2.53. The van der Waals surface area contributed by atoms with Crippen molar-refractivity contribution in [3.8, 4) is 5.75 Å². The number of carbonyl (C=O) groups excluding carboxylic acids is 2. The zero-order valence-electron chi connectivity index (χ0n) is 11.7. The first-order valence-electron chi connectivity index (χ1n) is 6.31. The molecule has 0 aliphatic carbocycles. The van der Waals surface area contributed by atoms with Crippen molar-refractivity contribution in [2.45, 2.75) is 25.8 Å². The van der Waals surface area contributed by atoms with Gasteiger partial charge in [0.05, 0.1) is 11.6 Å². The highest BCUT2D eigenvalue weighted by Crippen LogP contribution is 2.31. The average molecular weight is 341 g/mol. The topological polar surface area (TPSA) is 58.6 Å². The fourth-order valence-corrected chi connectivity index (χ4v) is 2.59. The predicted octanol–water partition coefficient (Wildman–Crippen LogP) is 2.09. The predicted molar refractivity (Wildman–Crippen MR) is 79.9 cm³/mol. The maximum Gasteiger partial charge on any atom is 0.252 e. The number of methoxy groups -OCH3 is 1. The van der Waals surface area contributed by atoms with Crippen LogP contribution in [0.4, 0.5) is 5.69 Å². The van der Waals surface area contributed by atoms with E-state index in [1.54, 1.807) is 31.9 Å². The van der Waals surface area contributed by atoms with E-state index in [0.717, 1.165) is 10.2 Å². The van der Waals surface area contributed by atoms with E-state index in [4.69, 9.17) is 4.74 Å². The SMILES string of the molecule is COc1cc(N2CCC(=O)NC(C)(C)C2=O)ccc1Br. The van der Waals surface area contributed by atoms with E-state index in [0.29, 0.717) is 12.3 Å². The highest BCUT2D eigenvalue weighted by Gasteiger charge is 2.37. The Balaban J connectivity index is 2.40. The maximum absolute atomic E-state index is 12.6. The molecule has 0 saturated carbocycles. The Labute approximate surface area is 126 Å². The normalized spacial score (nSPS) is 18.5. The van der Waals surface area contributed by atoms with Crippen LogP contribution in [0.2, 0.25) is 0 Å². The van der Waals surface area contributed by atoms with E-state index in [2.05, 4.69) is 21.2 Å². The minimum absolute atomic E-state index is 0.116. The molecular weight excluding hydrogens is 324 g/mol. The molecule has 0 aromatic heterocycles. The Morgan fingerprint density at radius 1 is 1.35 bits per heavy atom. The van der Waals surface area contributed by atoms with Crippen LogP contribution in [0.15, 0.2) is 22.7 Å². The highest BCUT2D eigenvalue weighted by atomic mass is 79.9. The molecule has 0 atom stereocenters. The first-order valence-corrected chi connectivity index (χ1v) is 7.11. The molecule has 0 spiro atoms. The molecule has 1 aromatic rings. The summed E-state index contributed by atoms with van der Waals surface area (Å²) in [6.07, 6.45) is 0.285. The van der Waals surface area contributed by atoms with Crippen molar-refractivity contribution in [1.29, 1.82) is 0 Å². The van der Waals surface area contributed by atoms with E-state index >= 15 is 0 Å². The monoisotopic (exact) mass is 340 g/mol. The van der Waals surface area contributed by atoms with Crippen LogP contribution in [0.3, 0.4) is 0 Å². The summed E-state index contributed by atoms with van der Waals surface area (Å²) in [6, 6.07) is 5.44. The van der Waals surface area contributed by atoms with E-state index in [1.165, 1.54) is 0 Å². The molecule has 0 bridgehead atoms. The molecule has 108 valence electrons. The molecule has 1 heterocycles. The molecule has 2 amide bonds. The molecule has 0 unspecified atom stereocenters. The van der Waals surface area contributed by atoms with Crippen molar-refractivity contribution in [3.05, 3.63) is 22.7 Å². The van der Waals surface area contributed by atoms with Gasteiger partial charge in [0.2, 0.25) is 5.91 Å². The number of nitrogens with one attached hydrogen (secondary N) is 1. The van der Waals surface area contributed by atoms with Crippen LogP contribution in [0.1, 0.15) is 20.3 Å². The molecular formula is C14H17BrN2O3. The summed E-state index contributed by atoms with van der Waals surface area (Å²) in [5.74, 6) is 0.402. The van der Waals surface area contributed by atoms with Crippen LogP contribution in [0, 0.1) is 0 Å². The number of nitrogens with zero attached hydrogens (tertiary/aromatic N) is 1. The zero-order valence-corrected chi connectivity index (χ0v) is 13.3. The van der Waals surface area contributed by atoms with Crippen molar-refractivity contribution < 1.29 is 14.3 Å². The number of hydrogen-bond donors (Lipinski definition) is 1. The molecule has 6 heteroatoms. The zero-order chi connectivity index (χ0) is 14.9.